The van der Waals surface area contributed by atoms with Crippen LogP contribution < -0.4 is 10.7 Å². The van der Waals surface area contributed by atoms with Gasteiger partial charge >= 0.3 is 0 Å². The highest BCUT2D eigenvalue weighted by molar-refractivity contribution is 5.97. The first-order valence-corrected chi connectivity index (χ1v) is 6.64. The average Bonchev–Trinajstić information content (AvgIpc) is 3.24. The molecule has 4 heteroatoms. The summed E-state index contributed by atoms with van der Waals surface area (Å²) in [5, 5.41) is 3.32. The van der Waals surface area contributed by atoms with Crippen LogP contribution in [0.3, 0.4) is 0 Å². The Morgan fingerprint density at radius 3 is 2.79 bits per heavy atom. The van der Waals surface area contributed by atoms with Crippen molar-refractivity contribution >= 4 is 16.8 Å². The van der Waals surface area contributed by atoms with Gasteiger partial charge in [0.25, 0.3) is 5.91 Å². The first-order chi connectivity index (χ1) is 9.22. The van der Waals surface area contributed by atoms with Gasteiger partial charge in [0.2, 0.25) is 5.43 Å². The molecule has 0 aliphatic heterocycles. The van der Waals surface area contributed by atoms with Gasteiger partial charge in [-0.3, -0.25) is 9.59 Å². The summed E-state index contributed by atoms with van der Waals surface area (Å²) >= 11 is 0. The van der Waals surface area contributed by atoms with Crippen LogP contribution in [0.2, 0.25) is 0 Å². The van der Waals surface area contributed by atoms with E-state index in [-0.39, 0.29) is 16.9 Å². The maximum absolute atomic E-state index is 12.4. The van der Waals surface area contributed by atoms with Gasteiger partial charge in [0.15, 0.2) is 0 Å². The molecule has 1 saturated carbocycles. The highest BCUT2D eigenvalue weighted by Crippen LogP contribution is 2.36. The molecule has 1 heterocycles. The summed E-state index contributed by atoms with van der Waals surface area (Å²) in [5.74, 6) is -0.285. The van der Waals surface area contributed by atoms with E-state index in [1.807, 2.05) is 25.1 Å². The molecule has 1 amide bonds. The highest BCUT2D eigenvalue weighted by atomic mass is 16.2. The van der Waals surface area contributed by atoms with Crippen LogP contribution in [0.1, 0.15) is 36.2 Å². The summed E-state index contributed by atoms with van der Waals surface area (Å²) in [5.41, 5.74) is 0.981. The SMILES string of the molecule is CCNC(=O)c1cn(C2CC2)c2ccccc2c1=O. The molecule has 1 aromatic heterocycles. The standard InChI is InChI=1S/C15H16N2O2/c1-2-16-15(19)12-9-17(10-7-8-10)13-6-4-3-5-11(13)14(12)18/h3-6,9-10H,2,7-8H2,1H3,(H,16,19). The molecule has 0 unspecified atom stereocenters. The number of benzene rings is 1. The number of pyridine rings is 1. The molecule has 3 rings (SSSR count). The second-order valence-electron chi connectivity index (χ2n) is 4.89. The van der Waals surface area contributed by atoms with Crippen molar-refractivity contribution in [2.45, 2.75) is 25.8 Å². The summed E-state index contributed by atoms with van der Waals surface area (Å²) in [4.78, 5) is 24.3. The molecule has 19 heavy (non-hydrogen) atoms. The van der Waals surface area contributed by atoms with Gasteiger partial charge in [0.05, 0.1) is 5.52 Å². The van der Waals surface area contributed by atoms with Crippen LogP contribution in [0.5, 0.6) is 0 Å². The average molecular weight is 256 g/mol. The lowest BCUT2D eigenvalue weighted by Gasteiger charge is -2.12. The number of hydrogen-bond acceptors (Lipinski definition) is 2. The van der Waals surface area contributed by atoms with Crippen LogP contribution in [-0.2, 0) is 0 Å². The number of aromatic nitrogens is 1. The number of para-hydroxylation sites is 1. The van der Waals surface area contributed by atoms with E-state index < -0.39 is 0 Å². The minimum atomic E-state index is -0.285. The number of rotatable bonds is 3. The van der Waals surface area contributed by atoms with E-state index in [4.69, 9.17) is 0 Å². The topological polar surface area (TPSA) is 51.1 Å². The maximum Gasteiger partial charge on any atom is 0.256 e. The molecule has 1 fully saturated rings. The molecule has 0 radical (unpaired) electrons. The molecule has 1 aliphatic rings. The van der Waals surface area contributed by atoms with Crippen LogP contribution in [0.4, 0.5) is 0 Å². The Morgan fingerprint density at radius 2 is 2.11 bits per heavy atom. The van der Waals surface area contributed by atoms with Crippen molar-refractivity contribution in [1.29, 1.82) is 0 Å². The molecule has 1 aromatic carbocycles. The minimum absolute atomic E-state index is 0.182. The third-order valence-electron chi connectivity index (χ3n) is 3.46. The third-order valence-corrected chi connectivity index (χ3v) is 3.46. The maximum atomic E-state index is 12.4. The second kappa shape index (κ2) is 4.53. The monoisotopic (exact) mass is 256 g/mol. The predicted molar refractivity (Wildman–Crippen MR) is 74.5 cm³/mol. The van der Waals surface area contributed by atoms with Gasteiger partial charge in [-0.1, -0.05) is 12.1 Å². The predicted octanol–water partition coefficient (Wildman–Crippen LogP) is 2.09. The zero-order valence-electron chi connectivity index (χ0n) is 10.8. The number of hydrogen-bond donors (Lipinski definition) is 1. The Bertz CT molecular complexity index is 699. The Hall–Kier alpha value is -2.10. The molecule has 0 bridgehead atoms. The minimum Gasteiger partial charge on any atom is -0.352 e. The van der Waals surface area contributed by atoms with Crippen molar-refractivity contribution in [3.8, 4) is 0 Å². The molecule has 1 aliphatic carbocycles. The third kappa shape index (κ3) is 2.03. The molecule has 0 atom stereocenters. The fourth-order valence-corrected chi connectivity index (χ4v) is 2.38. The number of nitrogens with zero attached hydrogens (tertiary/aromatic N) is 1. The van der Waals surface area contributed by atoms with E-state index in [1.165, 1.54) is 0 Å². The lowest BCUT2D eigenvalue weighted by Crippen LogP contribution is -2.29. The zero-order valence-corrected chi connectivity index (χ0v) is 10.8. The largest absolute Gasteiger partial charge is 0.352 e. The summed E-state index contributed by atoms with van der Waals surface area (Å²) < 4.78 is 2.07. The van der Waals surface area contributed by atoms with Crippen LogP contribution in [0, 0.1) is 0 Å². The fraction of sp³-hybridized carbons (Fsp3) is 0.333. The van der Waals surface area contributed by atoms with Crippen molar-refractivity contribution in [2.24, 2.45) is 0 Å². The van der Waals surface area contributed by atoms with Gasteiger partial charge in [-0.2, -0.15) is 0 Å². The van der Waals surface area contributed by atoms with Crippen molar-refractivity contribution in [2.75, 3.05) is 6.54 Å². The van der Waals surface area contributed by atoms with Gasteiger partial charge in [0, 0.05) is 24.2 Å². The number of carbonyl (C=O) groups is 1. The Morgan fingerprint density at radius 1 is 1.37 bits per heavy atom. The van der Waals surface area contributed by atoms with Crippen LogP contribution in [-0.4, -0.2) is 17.0 Å². The van der Waals surface area contributed by atoms with Crippen LogP contribution in [0.15, 0.2) is 35.3 Å². The second-order valence-corrected chi connectivity index (χ2v) is 4.89. The molecule has 4 nitrogen and oxygen atoms in total. The van der Waals surface area contributed by atoms with E-state index in [1.54, 1.807) is 12.3 Å². The number of carbonyl (C=O) groups excluding carboxylic acids is 1. The van der Waals surface area contributed by atoms with Crippen LogP contribution in [0.25, 0.3) is 10.9 Å². The molecule has 1 N–H and O–H groups in total. The summed E-state index contributed by atoms with van der Waals surface area (Å²) in [7, 11) is 0. The van der Waals surface area contributed by atoms with E-state index in [0.29, 0.717) is 18.0 Å². The van der Waals surface area contributed by atoms with Gasteiger partial charge in [-0.05, 0) is 31.9 Å². The fourth-order valence-electron chi connectivity index (χ4n) is 2.38. The van der Waals surface area contributed by atoms with Gasteiger partial charge in [0.1, 0.15) is 5.56 Å². The van der Waals surface area contributed by atoms with Gasteiger partial charge in [-0.25, -0.2) is 0 Å². The molecular weight excluding hydrogens is 240 g/mol. The van der Waals surface area contributed by atoms with Crippen molar-refractivity contribution in [3.05, 3.63) is 46.2 Å². The first-order valence-electron chi connectivity index (χ1n) is 6.64. The summed E-state index contributed by atoms with van der Waals surface area (Å²) in [6.07, 6.45) is 3.94. The summed E-state index contributed by atoms with van der Waals surface area (Å²) in [6, 6.07) is 7.92. The van der Waals surface area contributed by atoms with Crippen molar-refractivity contribution in [3.63, 3.8) is 0 Å². The highest BCUT2D eigenvalue weighted by Gasteiger charge is 2.26. The van der Waals surface area contributed by atoms with Gasteiger partial charge < -0.3 is 9.88 Å². The Labute approximate surface area is 111 Å². The quantitative estimate of drug-likeness (QED) is 0.914. The number of nitrogens with one attached hydrogen (secondary N) is 1. The van der Waals surface area contributed by atoms with Crippen molar-refractivity contribution < 1.29 is 4.79 Å². The number of fused-ring (bicyclic) bond motifs is 1. The van der Waals surface area contributed by atoms with Gasteiger partial charge in [-0.15, -0.1) is 0 Å². The van der Waals surface area contributed by atoms with Crippen molar-refractivity contribution in [1.82, 2.24) is 9.88 Å². The molecule has 98 valence electrons. The van der Waals surface area contributed by atoms with E-state index in [2.05, 4.69) is 9.88 Å². The number of amides is 1. The smallest absolute Gasteiger partial charge is 0.256 e. The first kappa shape index (κ1) is 12.0. The lowest BCUT2D eigenvalue weighted by molar-refractivity contribution is 0.0954. The Kier molecular flexibility index (Phi) is 2.85. The van der Waals surface area contributed by atoms with E-state index in [0.717, 1.165) is 18.4 Å². The molecular formula is C15H16N2O2. The van der Waals surface area contributed by atoms with E-state index >= 15 is 0 Å². The van der Waals surface area contributed by atoms with E-state index in [9.17, 15) is 9.59 Å². The molecule has 0 saturated heterocycles. The molecule has 0 spiro atoms. The summed E-state index contributed by atoms with van der Waals surface area (Å²) in [6.45, 7) is 2.37. The molecule has 2 aromatic rings. The van der Waals surface area contributed by atoms with Crippen LogP contribution >= 0.6 is 0 Å². The normalized spacial score (nSPS) is 14.6. The lowest BCUT2D eigenvalue weighted by atomic mass is 10.1. The zero-order chi connectivity index (χ0) is 13.4. The Balaban J connectivity index is 2.26.